The topological polar surface area (TPSA) is 30.7 Å². The smallest absolute Gasteiger partial charge is 0.0930 e. The third kappa shape index (κ3) is 2.87. The molecule has 0 N–H and O–H groups in total. The maximum Gasteiger partial charge on any atom is 0.0930 e. The molecule has 0 bridgehead atoms. The highest BCUT2D eigenvalue weighted by atomic mass is 15.3. The van der Waals surface area contributed by atoms with Crippen LogP contribution in [0.2, 0.25) is 0 Å². The molecule has 2 aromatic heterocycles. The van der Waals surface area contributed by atoms with Gasteiger partial charge >= 0.3 is 0 Å². The minimum atomic E-state index is 0.969. The summed E-state index contributed by atoms with van der Waals surface area (Å²) in [5.74, 6) is 0. The fraction of sp³-hybridized carbons (Fsp3) is 0.0400. The molecule has 5 aromatic rings. The Kier molecular flexibility index (Phi) is 3.99. The Balaban J connectivity index is 1.65. The zero-order chi connectivity index (χ0) is 18.9. The molecule has 3 heteroatoms. The van der Waals surface area contributed by atoms with Crippen LogP contribution < -0.4 is 0 Å². The van der Waals surface area contributed by atoms with Crippen molar-refractivity contribution in [1.82, 2.24) is 14.8 Å². The summed E-state index contributed by atoms with van der Waals surface area (Å²) in [5, 5.41) is 8.21. The predicted octanol–water partition coefficient (Wildman–Crippen LogP) is 5.96. The molecule has 0 fully saturated rings. The van der Waals surface area contributed by atoms with Crippen LogP contribution in [0.1, 0.15) is 11.3 Å². The number of pyridine rings is 1. The molecule has 0 aliphatic heterocycles. The van der Waals surface area contributed by atoms with E-state index in [0.29, 0.717) is 0 Å². The Morgan fingerprint density at radius 2 is 1.61 bits per heavy atom. The molecule has 3 aromatic carbocycles. The maximum atomic E-state index is 4.72. The molecular formula is C25H19N3. The van der Waals surface area contributed by atoms with E-state index in [0.717, 1.165) is 38.7 Å². The van der Waals surface area contributed by atoms with Gasteiger partial charge in [0.25, 0.3) is 0 Å². The first-order valence-corrected chi connectivity index (χ1v) is 9.32. The molecule has 0 spiro atoms. The average molecular weight is 361 g/mol. The Bertz CT molecular complexity index is 1310. The van der Waals surface area contributed by atoms with E-state index >= 15 is 0 Å². The minimum absolute atomic E-state index is 0.969. The lowest BCUT2D eigenvalue weighted by Crippen LogP contribution is -1.89. The van der Waals surface area contributed by atoms with Gasteiger partial charge in [0.1, 0.15) is 0 Å². The van der Waals surface area contributed by atoms with Crippen LogP contribution in [0.3, 0.4) is 0 Å². The van der Waals surface area contributed by atoms with E-state index in [1.165, 1.54) is 5.39 Å². The standard InChI is InChI=1S/C25H19N3/c1-28-25-14-12-19(23-17-26-16-20-9-5-6-10-21(20)23)15-22(25)24(27-28)13-11-18-7-3-2-4-8-18/h2-17H,1H3/b13-11+. The van der Waals surface area contributed by atoms with E-state index in [9.17, 15) is 0 Å². The van der Waals surface area contributed by atoms with E-state index in [4.69, 9.17) is 5.10 Å². The van der Waals surface area contributed by atoms with Crippen molar-refractivity contribution < 1.29 is 0 Å². The Morgan fingerprint density at radius 3 is 2.50 bits per heavy atom. The number of hydrogen-bond acceptors (Lipinski definition) is 2. The molecule has 3 nitrogen and oxygen atoms in total. The molecule has 0 atom stereocenters. The van der Waals surface area contributed by atoms with Crippen molar-refractivity contribution in [3.05, 3.63) is 96.4 Å². The molecular weight excluding hydrogens is 342 g/mol. The van der Waals surface area contributed by atoms with Gasteiger partial charge in [0.2, 0.25) is 0 Å². The first kappa shape index (κ1) is 16.5. The van der Waals surface area contributed by atoms with Gasteiger partial charge in [0, 0.05) is 35.8 Å². The quantitative estimate of drug-likeness (QED) is 0.397. The second-order valence-electron chi connectivity index (χ2n) is 6.89. The van der Waals surface area contributed by atoms with Crippen molar-refractivity contribution in [3.8, 4) is 11.1 Å². The highest BCUT2D eigenvalue weighted by molar-refractivity contribution is 5.99. The first-order chi connectivity index (χ1) is 13.8. The van der Waals surface area contributed by atoms with Crippen LogP contribution in [-0.2, 0) is 7.05 Å². The number of rotatable bonds is 3. The fourth-order valence-corrected chi connectivity index (χ4v) is 3.67. The van der Waals surface area contributed by atoms with Crippen molar-refractivity contribution >= 4 is 33.8 Å². The summed E-state index contributed by atoms with van der Waals surface area (Å²) in [7, 11) is 1.99. The van der Waals surface area contributed by atoms with Crippen LogP contribution in [-0.4, -0.2) is 14.8 Å². The molecule has 0 radical (unpaired) electrons. The molecule has 134 valence electrons. The summed E-state index contributed by atoms with van der Waals surface area (Å²) in [4.78, 5) is 4.44. The molecule has 0 saturated carbocycles. The third-order valence-electron chi connectivity index (χ3n) is 5.09. The Labute approximate surface area is 163 Å². The summed E-state index contributed by atoms with van der Waals surface area (Å²) >= 11 is 0. The second kappa shape index (κ2) is 6.78. The van der Waals surface area contributed by atoms with Crippen LogP contribution in [0.4, 0.5) is 0 Å². The van der Waals surface area contributed by atoms with E-state index in [2.05, 4.69) is 65.7 Å². The lowest BCUT2D eigenvalue weighted by Gasteiger charge is -2.07. The molecule has 0 amide bonds. The van der Waals surface area contributed by atoms with Crippen molar-refractivity contribution in [3.63, 3.8) is 0 Å². The highest BCUT2D eigenvalue weighted by Gasteiger charge is 2.10. The van der Waals surface area contributed by atoms with Crippen LogP contribution in [0, 0.1) is 0 Å². The van der Waals surface area contributed by atoms with E-state index < -0.39 is 0 Å². The number of fused-ring (bicyclic) bond motifs is 2. The van der Waals surface area contributed by atoms with Gasteiger partial charge in [-0.3, -0.25) is 9.67 Å². The zero-order valence-electron chi connectivity index (χ0n) is 15.6. The van der Waals surface area contributed by atoms with Crippen LogP contribution >= 0.6 is 0 Å². The average Bonchev–Trinajstić information content (AvgIpc) is 3.07. The summed E-state index contributed by atoms with van der Waals surface area (Å²) in [6.07, 6.45) is 8.05. The molecule has 0 unspecified atom stereocenters. The largest absolute Gasteiger partial charge is 0.267 e. The Morgan fingerprint density at radius 1 is 0.786 bits per heavy atom. The lowest BCUT2D eigenvalue weighted by molar-refractivity contribution is 0.793. The van der Waals surface area contributed by atoms with Crippen LogP contribution in [0.25, 0.3) is 45.0 Å². The normalized spacial score (nSPS) is 11.6. The molecule has 0 aliphatic carbocycles. The van der Waals surface area contributed by atoms with Gasteiger partial charge < -0.3 is 0 Å². The second-order valence-corrected chi connectivity index (χ2v) is 6.89. The predicted molar refractivity (Wildman–Crippen MR) is 117 cm³/mol. The summed E-state index contributed by atoms with van der Waals surface area (Å²) in [5.41, 5.74) is 5.54. The molecule has 28 heavy (non-hydrogen) atoms. The molecule has 2 heterocycles. The highest BCUT2D eigenvalue weighted by Crippen LogP contribution is 2.31. The van der Waals surface area contributed by atoms with E-state index in [-0.39, 0.29) is 0 Å². The number of aromatic nitrogens is 3. The Hall–Kier alpha value is -3.72. The third-order valence-corrected chi connectivity index (χ3v) is 5.09. The van der Waals surface area contributed by atoms with Gasteiger partial charge in [0.15, 0.2) is 0 Å². The number of benzene rings is 3. The maximum absolute atomic E-state index is 4.72. The molecule has 0 aliphatic rings. The van der Waals surface area contributed by atoms with E-state index in [1.54, 1.807) is 0 Å². The first-order valence-electron chi connectivity index (χ1n) is 9.32. The van der Waals surface area contributed by atoms with Crippen molar-refractivity contribution in [2.75, 3.05) is 0 Å². The summed E-state index contributed by atoms with van der Waals surface area (Å²) < 4.78 is 1.94. The van der Waals surface area contributed by atoms with Gasteiger partial charge in [-0.05, 0) is 34.7 Å². The number of hydrogen-bond donors (Lipinski definition) is 0. The lowest BCUT2D eigenvalue weighted by atomic mass is 9.99. The number of nitrogens with zero attached hydrogens (tertiary/aromatic N) is 3. The van der Waals surface area contributed by atoms with Crippen molar-refractivity contribution in [2.24, 2.45) is 7.05 Å². The SMILES string of the molecule is Cn1nc(/C=C/c2ccccc2)c2cc(-c3cncc4ccccc34)ccc21. The van der Waals surface area contributed by atoms with Crippen LogP contribution in [0.15, 0.2) is 85.2 Å². The van der Waals surface area contributed by atoms with Gasteiger partial charge in [-0.1, -0.05) is 66.7 Å². The van der Waals surface area contributed by atoms with Gasteiger partial charge in [0.05, 0.1) is 11.2 Å². The fourth-order valence-electron chi connectivity index (χ4n) is 3.67. The van der Waals surface area contributed by atoms with Gasteiger partial charge in [-0.15, -0.1) is 0 Å². The van der Waals surface area contributed by atoms with Gasteiger partial charge in [-0.25, -0.2) is 0 Å². The molecule has 0 saturated heterocycles. The van der Waals surface area contributed by atoms with E-state index in [1.807, 2.05) is 48.4 Å². The number of aryl methyl sites for hydroxylation is 1. The van der Waals surface area contributed by atoms with Crippen LogP contribution in [0.5, 0.6) is 0 Å². The minimum Gasteiger partial charge on any atom is -0.267 e. The summed E-state index contributed by atoms with van der Waals surface area (Å²) in [6, 6.07) is 25.2. The monoisotopic (exact) mass is 361 g/mol. The van der Waals surface area contributed by atoms with Gasteiger partial charge in [-0.2, -0.15) is 5.10 Å². The van der Waals surface area contributed by atoms with Crippen molar-refractivity contribution in [1.29, 1.82) is 0 Å². The zero-order valence-corrected chi connectivity index (χ0v) is 15.6. The van der Waals surface area contributed by atoms with Crippen molar-refractivity contribution in [2.45, 2.75) is 0 Å². The summed E-state index contributed by atoms with van der Waals surface area (Å²) in [6.45, 7) is 0. The molecule has 5 rings (SSSR count).